The van der Waals surface area contributed by atoms with E-state index >= 15 is 0 Å². The molecule has 0 unspecified atom stereocenters. The maximum Gasteiger partial charge on any atom is 0.340 e. The zero-order chi connectivity index (χ0) is 19.5. The Morgan fingerprint density at radius 2 is 2.21 bits per heavy atom. The number of phenols is 1. The van der Waals surface area contributed by atoms with Gasteiger partial charge in [-0.25, -0.2) is 4.79 Å². The van der Waals surface area contributed by atoms with Crippen LogP contribution in [-0.4, -0.2) is 44.0 Å². The summed E-state index contributed by atoms with van der Waals surface area (Å²) in [7, 11) is 0. The van der Waals surface area contributed by atoms with Crippen LogP contribution in [0.15, 0.2) is 57.6 Å². The molecule has 1 N–H and O–H groups in total. The van der Waals surface area contributed by atoms with Crippen LogP contribution in [0, 0.1) is 0 Å². The van der Waals surface area contributed by atoms with Crippen molar-refractivity contribution < 1.29 is 14.6 Å². The number of hydrogen-bond acceptors (Lipinski definition) is 8. The Labute approximate surface area is 169 Å². The highest BCUT2D eigenvalue weighted by atomic mass is 32.2. The van der Waals surface area contributed by atoms with Crippen molar-refractivity contribution in [2.75, 3.05) is 12.4 Å². The second-order valence-corrected chi connectivity index (χ2v) is 7.69. The third kappa shape index (κ3) is 3.71. The van der Waals surface area contributed by atoms with Crippen molar-refractivity contribution in [3.63, 3.8) is 0 Å². The van der Waals surface area contributed by atoms with Crippen molar-refractivity contribution in [3.8, 4) is 16.5 Å². The van der Waals surface area contributed by atoms with Gasteiger partial charge in [0.05, 0.1) is 22.8 Å². The molecular weight excluding hydrogens is 396 g/mol. The highest BCUT2D eigenvalue weighted by Gasteiger charge is 2.25. The minimum Gasteiger partial charge on any atom is -0.508 e. The molecule has 28 heavy (non-hydrogen) atoms. The predicted octanol–water partition coefficient (Wildman–Crippen LogP) is 3.67. The van der Waals surface area contributed by atoms with Gasteiger partial charge in [-0.3, -0.25) is 0 Å². The summed E-state index contributed by atoms with van der Waals surface area (Å²) in [5.74, 6) is 0.763. The van der Waals surface area contributed by atoms with Gasteiger partial charge in [-0.1, -0.05) is 30.0 Å². The summed E-state index contributed by atoms with van der Waals surface area (Å²) in [5, 5.41) is 25.4. The number of thiophene rings is 1. The van der Waals surface area contributed by atoms with Gasteiger partial charge in [0, 0.05) is 5.75 Å². The monoisotopic (exact) mass is 412 g/mol. The van der Waals surface area contributed by atoms with Gasteiger partial charge in [-0.15, -0.1) is 21.5 Å². The summed E-state index contributed by atoms with van der Waals surface area (Å²) >= 11 is 3.00. The molecule has 3 heterocycles. The van der Waals surface area contributed by atoms with E-state index in [0.29, 0.717) is 33.6 Å². The Hall–Kier alpha value is -2.91. The summed E-state index contributed by atoms with van der Waals surface area (Å²) in [6.07, 6.45) is 1.68. The van der Waals surface area contributed by atoms with Crippen LogP contribution < -0.4 is 0 Å². The Kier molecular flexibility index (Phi) is 5.27. The molecule has 9 heteroatoms. The van der Waals surface area contributed by atoms with Crippen molar-refractivity contribution in [1.82, 2.24) is 14.9 Å². The fourth-order valence-electron chi connectivity index (χ4n) is 2.67. The lowest BCUT2D eigenvalue weighted by atomic mass is 10.1. The van der Waals surface area contributed by atoms with E-state index in [1.165, 1.54) is 11.8 Å². The topological polar surface area (TPSA) is 89.6 Å². The number of fused-ring (bicyclic) bond motifs is 1. The normalized spacial score (nSPS) is 13.8. The Bertz CT molecular complexity index is 1070. The number of benzene rings is 1. The molecular formula is C19H16N4O3S2. The number of carbonyl (C=O) groups excluding carboxylic acids is 1. The summed E-state index contributed by atoms with van der Waals surface area (Å²) in [6, 6.07) is 10.6. The van der Waals surface area contributed by atoms with Crippen molar-refractivity contribution in [2.45, 2.75) is 12.1 Å². The lowest BCUT2D eigenvalue weighted by Gasteiger charge is -2.15. The maximum atomic E-state index is 12.6. The van der Waals surface area contributed by atoms with Gasteiger partial charge in [0.15, 0.2) is 5.82 Å². The number of aromatic nitrogens is 3. The Morgan fingerprint density at radius 3 is 2.96 bits per heavy atom. The number of phenolic OH excluding ortho intramolecular Hbond substituents is 1. The van der Waals surface area contributed by atoms with E-state index in [0.717, 1.165) is 4.88 Å². The fourth-order valence-corrected chi connectivity index (χ4v) is 4.19. The first kappa shape index (κ1) is 18.5. The SMILES string of the molecule is CCOC(=O)/C(=C\c1cccc(O)c1)C1=Nn2c(nnc2-c2cccs2)SC1. The van der Waals surface area contributed by atoms with Crippen LogP contribution in [0.1, 0.15) is 12.5 Å². The van der Waals surface area contributed by atoms with E-state index < -0.39 is 5.97 Å². The summed E-state index contributed by atoms with van der Waals surface area (Å²) in [4.78, 5) is 13.6. The highest BCUT2D eigenvalue weighted by Crippen LogP contribution is 2.31. The summed E-state index contributed by atoms with van der Waals surface area (Å²) in [5.41, 5.74) is 1.59. The summed E-state index contributed by atoms with van der Waals surface area (Å²) in [6.45, 7) is 2.02. The van der Waals surface area contributed by atoms with Gasteiger partial charge in [-0.05, 0) is 42.1 Å². The number of esters is 1. The zero-order valence-electron chi connectivity index (χ0n) is 14.9. The number of ether oxygens (including phenoxy) is 1. The number of thioether (sulfide) groups is 1. The maximum absolute atomic E-state index is 12.6. The molecule has 0 spiro atoms. The molecule has 0 atom stereocenters. The molecule has 0 saturated carbocycles. The Balaban J connectivity index is 1.78. The molecule has 0 radical (unpaired) electrons. The van der Waals surface area contributed by atoms with Gasteiger partial charge in [-0.2, -0.15) is 9.78 Å². The molecule has 0 fully saturated rings. The molecule has 3 aromatic rings. The molecule has 1 aliphatic heterocycles. The molecule has 2 aromatic heterocycles. The van der Waals surface area contributed by atoms with Crippen LogP contribution >= 0.6 is 23.1 Å². The van der Waals surface area contributed by atoms with Crippen molar-refractivity contribution >= 4 is 40.9 Å². The van der Waals surface area contributed by atoms with Crippen LogP contribution in [0.2, 0.25) is 0 Å². The molecule has 0 amide bonds. The number of rotatable bonds is 5. The third-order valence-electron chi connectivity index (χ3n) is 3.90. The molecule has 0 aliphatic carbocycles. The zero-order valence-corrected chi connectivity index (χ0v) is 16.5. The average molecular weight is 412 g/mol. The highest BCUT2D eigenvalue weighted by molar-refractivity contribution is 7.99. The van der Waals surface area contributed by atoms with E-state index in [9.17, 15) is 9.90 Å². The number of hydrogen-bond donors (Lipinski definition) is 1. The minimum absolute atomic E-state index is 0.123. The van der Waals surface area contributed by atoms with Gasteiger partial charge in [0.1, 0.15) is 5.75 Å². The quantitative estimate of drug-likeness (QED) is 0.508. The molecule has 0 bridgehead atoms. The van der Waals surface area contributed by atoms with E-state index in [1.54, 1.807) is 53.3 Å². The first-order valence-electron chi connectivity index (χ1n) is 8.54. The van der Waals surface area contributed by atoms with Crippen molar-refractivity contribution in [3.05, 3.63) is 52.9 Å². The van der Waals surface area contributed by atoms with E-state index in [-0.39, 0.29) is 12.4 Å². The van der Waals surface area contributed by atoms with Gasteiger partial charge < -0.3 is 9.84 Å². The first-order chi connectivity index (χ1) is 13.7. The lowest BCUT2D eigenvalue weighted by Crippen LogP contribution is -2.21. The minimum atomic E-state index is -0.459. The number of nitrogens with zero attached hydrogens (tertiary/aromatic N) is 4. The van der Waals surface area contributed by atoms with Gasteiger partial charge >= 0.3 is 5.97 Å². The van der Waals surface area contributed by atoms with Crippen LogP contribution in [0.25, 0.3) is 16.8 Å². The van der Waals surface area contributed by atoms with Crippen LogP contribution in [0.5, 0.6) is 5.75 Å². The Morgan fingerprint density at radius 1 is 1.32 bits per heavy atom. The van der Waals surface area contributed by atoms with Gasteiger partial charge in [0.2, 0.25) is 5.16 Å². The van der Waals surface area contributed by atoms with Crippen LogP contribution in [0.4, 0.5) is 0 Å². The van der Waals surface area contributed by atoms with Crippen molar-refractivity contribution in [2.24, 2.45) is 5.10 Å². The third-order valence-corrected chi connectivity index (χ3v) is 5.70. The molecule has 0 saturated heterocycles. The summed E-state index contributed by atoms with van der Waals surface area (Å²) < 4.78 is 6.89. The molecule has 7 nitrogen and oxygen atoms in total. The lowest BCUT2D eigenvalue weighted by molar-refractivity contribution is -0.137. The molecule has 142 valence electrons. The molecule has 1 aromatic carbocycles. The second kappa shape index (κ2) is 7.99. The smallest absolute Gasteiger partial charge is 0.340 e. The fraction of sp³-hybridized carbons (Fsp3) is 0.158. The number of aromatic hydroxyl groups is 1. The number of carbonyl (C=O) groups is 1. The molecule has 4 rings (SSSR count). The first-order valence-corrected chi connectivity index (χ1v) is 10.4. The largest absolute Gasteiger partial charge is 0.508 e. The average Bonchev–Trinajstić information content (AvgIpc) is 3.35. The molecule has 1 aliphatic rings. The van der Waals surface area contributed by atoms with Crippen LogP contribution in [0.3, 0.4) is 0 Å². The van der Waals surface area contributed by atoms with Gasteiger partial charge in [0.25, 0.3) is 0 Å². The predicted molar refractivity (Wildman–Crippen MR) is 110 cm³/mol. The standard InChI is InChI=1S/C19H16N4O3S2/c1-2-26-18(25)14(10-12-5-3-6-13(24)9-12)15-11-28-19-21-20-17(23(19)22-15)16-7-4-8-27-16/h3-10,24H,2,11H2,1H3/b14-10-. The van der Waals surface area contributed by atoms with E-state index in [1.807, 2.05) is 17.5 Å². The van der Waals surface area contributed by atoms with Crippen LogP contribution in [-0.2, 0) is 9.53 Å². The van der Waals surface area contributed by atoms with E-state index in [4.69, 9.17) is 4.74 Å². The van der Waals surface area contributed by atoms with E-state index in [2.05, 4.69) is 15.3 Å². The van der Waals surface area contributed by atoms with Crippen molar-refractivity contribution in [1.29, 1.82) is 0 Å². The second-order valence-electron chi connectivity index (χ2n) is 5.80.